The first-order valence-corrected chi connectivity index (χ1v) is 4.43. The van der Waals surface area contributed by atoms with Crippen molar-refractivity contribution in [2.45, 2.75) is 31.5 Å². The SMILES string of the molecule is C[C@@H](N)C(=O)OC(C[C@H](N)C(=O)O)C(=O)O. The first kappa shape index (κ1) is 14.3. The van der Waals surface area contributed by atoms with E-state index in [-0.39, 0.29) is 0 Å². The highest BCUT2D eigenvalue weighted by molar-refractivity contribution is 5.81. The van der Waals surface area contributed by atoms with Crippen molar-refractivity contribution in [2.75, 3.05) is 0 Å². The van der Waals surface area contributed by atoms with Crippen LogP contribution in [0.4, 0.5) is 0 Å². The number of hydrogen-bond acceptors (Lipinski definition) is 6. The van der Waals surface area contributed by atoms with E-state index >= 15 is 0 Å². The second-order valence-corrected chi connectivity index (χ2v) is 3.23. The van der Waals surface area contributed by atoms with Gasteiger partial charge < -0.3 is 26.4 Å². The van der Waals surface area contributed by atoms with Crippen LogP contribution in [0.3, 0.4) is 0 Å². The molecule has 0 saturated heterocycles. The number of carboxylic acid groups (broad SMARTS) is 2. The Labute approximate surface area is 91.2 Å². The van der Waals surface area contributed by atoms with Gasteiger partial charge in [0.2, 0.25) is 6.10 Å². The van der Waals surface area contributed by atoms with Crippen LogP contribution in [-0.4, -0.2) is 46.3 Å². The summed E-state index contributed by atoms with van der Waals surface area (Å²) in [6.45, 7) is 1.32. The number of carboxylic acids is 2. The molecule has 16 heavy (non-hydrogen) atoms. The first-order valence-electron chi connectivity index (χ1n) is 4.43. The van der Waals surface area contributed by atoms with Gasteiger partial charge in [0.1, 0.15) is 12.1 Å². The zero-order valence-corrected chi connectivity index (χ0v) is 8.62. The summed E-state index contributed by atoms with van der Waals surface area (Å²) in [4.78, 5) is 32.1. The lowest BCUT2D eigenvalue weighted by molar-refractivity contribution is -0.166. The Morgan fingerprint density at radius 3 is 2.00 bits per heavy atom. The van der Waals surface area contributed by atoms with Crippen LogP contribution in [-0.2, 0) is 19.1 Å². The van der Waals surface area contributed by atoms with E-state index in [1.54, 1.807) is 0 Å². The van der Waals surface area contributed by atoms with E-state index in [1.807, 2.05) is 0 Å². The standard InChI is InChI=1S/C8H14N2O6/c1-3(9)8(15)16-5(7(13)14)2-4(10)6(11)12/h3-5H,2,9-10H2,1H3,(H,11,12)(H,13,14)/t3-,4+,5?/m1/s1. The molecular formula is C8H14N2O6. The lowest BCUT2D eigenvalue weighted by Crippen LogP contribution is -2.41. The predicted molar refractivity (Wildman–Crippen MR) is 51.4 cm³/mol. The molecule has 0 fully saturated rings. The quantitative estimate of drug-likeness (QED) is 0.390. The van der Waals surface area contributed by atoms with Crippen LogP contribution >= 0.6 is 0 Å². The lowest BCUT2D eigenvalue weighted by atomic mass is 10.1. The Bertz CT molecular complexity index is 290. The smallest absolute Gasteiger partial charge is 0.345 e. The summed E-state index contributed by atoms with van der Waals surface area (Å²) in [6.07, 6.45) is -2.12. The maximum atomic E-state index is 11.0. The van der Waals surface area contributed by atoms with Crippen molar-refractivity contribution in [3.05, 3.63) is 0 Å². The molecule has 0 aliphatic carbocycles. The molecule has 0 bridgehead atoms. The fourth-order valence-corrected chi connectivity index (χ4v) is 0.778. The molecule has 0 heterocycles. The molecule has 1 unspecified atom stereocenters. The largest absolute Gasteiger partial charge is 0.480 e. The number of ether oxygens (including phenoxy) is 1. The van der Waals surface area contributed by atoms with Crippen molar-refractivity contribution in [3.63, 3.8) is 0 Å². The maximum absolute atomic E-state index is 11.0. The van der Waals surface area contributed by atoms with E-state index in [1.165, 1.54) is 6.92 Å². The number of aliphatic carboxylic acids is 2. The van der Waals surface area contributed by atoms with E-state index < -0.39 is 42.5 Å². The second kappa shape index (κ2) is 6.03. The van der Waals surface area contributed by atoms with Crippen LogP contribution in [0.5, 0.6) is 0 Å². The average Bonchev–Trinajstić information content (AvgIpc) is 2.15. The molecule has 8 heteroatoms. The number of carbonyl (C=O) groups excluding carboxylic acids is 1. The van der Waals surface area contributed by atoms with Crippen molar-refractivity contribution in [2.24, 2.45) is 11.5 Å². The fraction of sp³-hybridized carbons (Fsp3) is 0.625. The minimum absolute atomic E-state index is 0.511. The van der Waals surface area contributed by atoms with Crippen LogP contribution < -0.4 is 11.5 Å². The molecule has 92 valence electrons. The lowest BCUT2D eigenvalue weighted by Gasteiger charge is -2.16. The monoisotopic (exact) mass is 234 g/mol. The van der Waals surface area contributed by atoms with Crippen LogP contribution in [0.1, 0.15) is 13.3 Å². The molecular weight excluding hydrogens is 220 g/mol. The Kier molecular flexibility index (Phi) is 5.40. The van der Waals surface area contributed by atoms with Gasteiger partial charge in [-0.2, -0.15) is 0 Å². The van der Waals surface area contributed by atoms with E-state index in [2.05, 4.69) is 4.74 Å². The van der Waals surface area contributed by atoms with Crippen molar-refractivity contribution in [1.82, 2.24) is 0 Å². The zero-order valence-electron chi connectivity index (χ0n) is 8.62. The Morgan fingerprint density at radius 2 is 1.69 bits per heavy atom. The maximum Gasteiger partial charge on any atom is 0.345 e. The molecule has 0 aromatic rings. The Morgan fingerprint density at radius 1 is 1.19 bits per heavy atom. The fourth-order valence-electron chi connectivity index (χ4n) is 0.778. The number of carbonyl (C=O) groups is 3. The molecule has 0 rings (SSSR count). The summed E-state index contributed by atoms with van der Waals surface area (Å²) in [5.41, 5.74) is 10.3. The topological polar surface area (TPSA) is 153 Å². The van der Waals surface area contributed by atoms with Gasteiger partial charge in [-0.25, -0.2) is 4.79 Å². The number of rotatable bonds is 6. The van der Waals surface area contributed by atoms with Gasteiger partial charge >= 0.3 is 17.9 Å². The third-order valence-electron chi connectivity index (χ3n) is 1.69. The molecule has 0 aliphatic rings. The zero-order chi connectivity index (χ0) is 12.9. The van der Waals surface area contributed by atoms with Crippen molar-refractivity contribution in [3.8, 4) is 0 Å². The average molecular weight is 234 g/mol. The minimum Gasteiger partial charge on any atom is -0.480 e. The summed E-state index contributed by atoms with van der Waals surface area (Å²) in [6, 6.07) is -2.40. The van der Waals surface area contributed by atoms with Gasteiger partial charge in [0.25, 0.3) is 0 Å². The van der Waals surface area contributed by atoms with Gasteiger partial charge in [-0.15, -0.1) is 0 Å². The van der Waals surface area contributed by atoms with Gasteiger partial charge in [0, 0.05) is 6.42 Å². The third kappa shape index (κ3) is 4.71. The molecule has 6 N–H and O–H groups in total. The van der Waals surface area contributed by atoms with Gasteiger partial charge in [-0.05, 0) is 6.92 Å². The van der Waals surface area contributed by atoms with E-state index in [0.29, 0.717) is 0 Å². The molecule has 8 nitrogen and oxygen atoms in total. The van der Waals surface area contributed by atoms with Crippen LogP contribution in [0.25, 0.3) is 0 Å². The predicted octanol–water partition coefficient (Wildman–Crippen LogP) is -1.87. The summed E-state index contributed by atoms with van der Waals surface area (Å²) in [5, 5.41) is 17.1. The van der Waals surface area contributed by atoms with Crippen LogP contribution in [0.15, 0.2) is 0 Å². The molecule has 0 aliphatic heterocycles. The second-order valence-electron chi connectivity index (χ2n) is 3.23. The molecule has 0 aromatic heterocycles. The van der Waals surface area contributed by atoms with Crippen molar-refractivity contribution < 1.29 is 29.3 Å². The molecule has 0 amide bonds. The molecule has 0 spiro atoms. The van der Waals surface area contributed by atoms with E-state index in [9.17, 15) is 14.4 Å². The summed E-state index contributed by atoms with van der Waals surface area (Å²) >= 11 is 0. The minimum atomic E-state index is -1.61. The van der Waals surface area contributed by atoms with E-state index in [0.717, 1.165) is 0 Å². The molecule has 3 atom stereocenters. The summed E-state index contributed by atoms with van der Waals surface area (Å²) in [7, 11) is 0. The number of esters is 1. The van der Waals surface area contributed by atoms with Gasteiger partial charge in [-0.1, -0.05) is 0 Å². The van der Waals surface area contributed by atoms with Crippen molar-refractivity contribution >= 4 is 17.9 Å². The highest BCUT2D eigenvalue weighted by Crippen LogP contribution is 2.04. The number of hydrogen-bond donors (Lipinski definition) is 4. The molecule has 0 saturated carbocycles. The Hall–Kier alpha value is -1.67. The highest BCUT2D eigenvalue weighted by atomic mass is 16.6. The number of nitrogens with two attached hydrogens (primary N) is 2. The normalized spacial score (nSPS) is 15.9. The van der Waals surface area contributed by atoms with Gasteiger partial charge in [0.05, 0.1) is 0 Å². The van der Waals surface area contributed by atoms with Crippen LogP contribution in [0.2, 0.25) is 0 Å². The highest BCUT2D eigenvalue weighted by Gasteiger charge is 2.28. The van der Waals surface area contributed by atoms with Gasteiger partial charge in [0.15, 0.2) is 0 Å². The summed E-state index contributed by atoms with van der Waals surface area (Å²) < 4.78 is 4.49. The van der Waals surface area contributed by atoms with E-state index in [4.69, 9.17) is 21.7 Å². The van der Waals surface area contributed by atoms with Crippen molar-refractivity contribution in [1.29, 1.82) is 0 Å². The molecule has 0 aromatic carbocycles. The van der Waals surface area contributed by atoms with Crippen LogP contribution in [0, 0.1) is 0 Å². The first-order chi connectivity index (χ1) is 7.25. The third-order valence-corrected chi connectivity index (χ3v) is 1.69. The summed E-state index contributed by atoms with van der Waals surface area (Å²) in [5.74, 6) is -3.77. The van der Waals surface area contributed by atoms with Gasteiger partial charge in [-0.3, -0.25) is 9.59 Å². The molecule has 0 radical (unpaired) electrons. The Balaban J connectivity index is 4.46.